The van der Waals surface area contributed by atoms with Crippen LogP contribution >= 0.6 is 11.6 Å². The Labute approximate surface area is 103 Å². The summed E-state index contributed by atoms with van der Waals surface area (Å²) in [7, 11) is 0. The largest absolute Gasteiger partial charge is 0.312 e. The van der Waals surface area contributed by atoms with Gasteiger partial charge in [0.1, 0.15) is 0 Å². The lowest BCUT2D eigenvalue weighted by molar-refractivity contribution is 0.424. The van der Waals surface area contributed by atoms with Crippen molar-refractivity contribution in [1.82, 2.24) is 15.1 Å². The van der Waals surface area contributed by atoms with Crippen LogP contribution in [0.5, 0.6) is 0 Å². The zero-order chi connectivity index (χ0) is 12.2. The molecular formula is C12H22ClN3. The third kappa shape index (κ3) is 4.14. The van der Waals surface area contributed by atoms with Crippen molar-refractivity contribution in [3.63, 3.8) is 0 Å². The lowest BCUT2D eigenvalue weighted by Crippen LogP contribution is -2.37. The molecule has 92 valence electrons. The van der Waals surface area contributed by atoms with Crippen molar-refractivity contribution in [3.8, 4) is 0 Å². The van der Waals surface area contributed by atoms with Gasteiger partial charge in [-0.05, 0) is 27.2 Å². The Morgan fingerprint density at radius 1 is 1.44 bits per heavy atom. The molecule has 0 fully saturated rings. The summed E-state index contributed by atoms with van der Waals surface area (Å²) in [6, 6.07) is 0. The van der Waals surface area contributed by atoms with Gasteiger partial charge in [-0.3, -0.25) is 4.68 Å². The minimum atomic E-state index is 0.155. The van der Waals surface area contributed by atoms with Gasteiger partial charge in [-0.1, -0.05) is 18.5 Å². The molecule has 0 unspecified atom stereocenters. The van der Waals surface area contributed by atoms with E-state index in [1.807, 2.05) is 4.68 Å². The van der Waals surface area contributed by atoms with E-state index in [-0.39, 0.29) is 5.54 Å². The predicted molar refractivity (Wildman–Crippen MR) is 69.0 cm³/mol. The summed E-state index contributed by atoms with van der Waals surface area (Å²) in [5.41, 5.74) is 1.29. The molecule has 0 atom stereocenters. The van der Waals surface area contributed by atoms with Gasteiger partial charge in [-0.15, -0.1) is 0 Å². The molecule has 0 amide bonds. The zero-order valence-corrected chi connectivity index (χ0v) is 11.4. The molecule has 1 N–H and O–H groups in total. The van der Waals surface area contributed by atoms with Gasteiger partial charge in [0.05, 0.1) is 16.9 Å². The molecule has 0 aromatic carbocycles. The highest BCUT2D eigenvalue weighted by atomic mass is 35.5. The molecule has 16 heavy (non-hydrogen) atoms. The normalized spacial score (nSPS) is 12.1. The lowest BCUT2D eigenvalue weighted by Gasteiger charge is -2.20. The number of aryl methyl sites for hydroxylation is 1. The van der Waals surface area contributed by atoms with Crippen molar-refractivity contribution < 1.29 is 0 Å². The molecule has 1 aromatic heterocycles. The zero-order valence-electron chi connectivity index (χ0n) is 10.7. The molecule has 0 spiro atoms. The third-order valence-corrected chi connectivity index (χ3v) is 2.67. The Balaban J connectivity index is 2.55. The molecule has 0 radical (unpaired) electrons. The highest BCUT2D eigenvalue weighted by Crippen LogP contribution is 2.16. The number of nitrogens with one attached hydrogen (secondary N) is 1. The Morgan fingerprint density at radius 2 is 2.12 bits per heavy atom. The van der Waals surface area contributed by atoms with Gasteiger partial charge in [-0.2, -0.15) is 5.10 Å². The maximum Gasteiger partial charge on any atom is 0.0818 e. The van der Waals surface area contributed by atoms with Crippen molar-refractivity contribution >= 4 is 11.6 Å². The van der Waals surface area contributed by atoms with Crippen molar-refractivity contribution in [2.24, 2.45) is 0 Å². The SMILES string of the molecule is CCCn1ncc(Cl)c1CCNC(C)(C)C. The second kappa shape index (κ2) is 5.69. The molecule has 1 heterocycles. The summed E-state index contributed by atoms with van der Waals surface area (Å²) in [4.78, 5) is 0. The van der Waals surface area contributed by atoms with Crippen LogP contribution in [0.3, 0.4) is 0 Å². The van der Waals surface area contributed by atoms with E-state index in [0.717, 1.165) is 36.6 Å². The molecule has 3 nitrogen and oxygen atoms in total. The van der Waals surface area contributed by atoms with Crippen LogP contribution < -0.4 is 5.32 Å². The molecular weight excluding hydrogens is 222 g/mol. The minimum Gasteiger partial charge on any atom is -0.312 e. The molecule has 1 aromatic rings. The summed E-state index contributed by atoms with van der Waals surface area (Å²) < 4.78 is 2.01. The summed E-state index contributed by atoms with van der Waals surface area (Å²) in [5.74, 6) is 0. The predicted octanol–water partition coefficient (Wildman–Crippen LogP) is 2.88. The van der Waals surface area contributed by atoms with Gasteiger partial charge in [-0.25, -0.2) is 0 Å². The molecule has 1 rings (SSSR count). The first kappa shape index (κ1) is 13.5. The van der Waals surface area contributed by atoms with E-state index >= 15 is 0 Å². The van der Waals surface area contributed by atoms with Crippen LogP contribution in [-0.4, -0.2) is 21.9 Å². The smallest absolute Gasteiger partial charge is 0.0818 e. The summed E-state index contributed by atoms with van der Waals surface area (Å²) >= 11 is 6.12. The van der Waals surface area contributed by atoms with Crippen LogP contribution in [0, 0.1) is 0 Å². The number of hydrogen-bond acceptors (Lipinski definition) is 2. The second-order valence-corrected chi connectivity index (χ2v) is 5.50. The van der Waals surface area contributed by atoms with Crippen molar-refractivity contribution in [1.29, 1.82) is 0 Å². The van der Waals surface area contributed by atoms with Crippen LogP contribution in [0.1, 0.15) is 39.8 Å². The molecule has 0 aliphatic heterocycles. The van der Waals surface area contributed by atoms with E-state index in [2.05, 4.69) is 38.1 Å². The quantitative estimate of drug-likeness (QED) is 0.862. The average Bonchev–Trinajstić information content (AvgIpc) is 2.48. The van der Waals surface area contributed by atoms with E-state index in [0.29, 0.717) is 0 Å². The third-order valence-electron chi connectivity index (χ3n) is 2.35. The first-order chi connectivity index (χ1) is 7.44. The number of halogens is 1. The number of nitrogens with zero attached hydrogens (tertiary/aromatic N) is 2. The van der Waals surface area contributed by atoms with Crippen LogP contribution in [0.2, 0.25) is 5.02 Å². The fourth-order valence-corrected chi connectivity index (χ4v) is 1.83. The Morgan fingerprint density at radius 3 is 2.69 bits per heavy atom. The topological polar surface area (TPSA) is 29.9 Å². The first-order valence-electron chi connectivity index (χ1n) is 5.89. The van der Waals surface area contributed by atoms with Crippen LogP contribution in [0.25, 0.3) is 0 Å². The highest BCUT2D eigenvalue weighted by molar-refractivity contribution is 6.31. The van der Waals surface area contributed by atoms with Crippen LogP contribution in [-0.2, 0) is 13.0 Å². The minimum absolute atomic E-state index is 0.155. The van der Waals surface area contributed by atoms with E-state index < -0.39 is 0 Å². The van der Waals surface area contributed by atoms with Crippen LogP contribution in [0.15, 0.2) is 6.20 Å². The standard InChI is InChI=1S/C12H22ClN3/c1-5-8-16-11(10(13)9-15-16)6-7-14-12(2,3)4/h9,14H,5-8H2,1-4H3. The Hall–Kier alpha value is -0.540. The van der Waals surface area contributed by atoms with Crippen LogP contribution in [0.4, 0.5) is 0 Å². The van der Waals surface area contributed by atoms with Crippen molar-refractivity contribution in [2.75, 3.05) is 6.54 Å². The number of hydrogen-bond donors (Lipinski definition) is 1. The van der Waals surface area contributed by atoms with Gasteiger partial charge in [0.15, 0.2) is 0 Å². The molecule has 0 saturated carbocycles. The van der Waals surface area contributed by atoms with Gasteiger partial charge in [0.2, 0.25) is 0 Å². The Kier molecular flexibility index (Phi) is 4.81. The first-order valence-corrected chi connectivity index (χ1v) is 6.27. The average molecular weight is 244 g/mol. The summed E-state index contributed by atoms with van der Waals surface area (Å²) in [6.07, 6.45) is 3.75. The lowest BCUT2D eigenvalue weighted by atomic mass is 10.1. The summed E-state index contributed by atoms with van der Waals surface area (Å²) in [6.45, 7) is 10.5. The summed E-state index contributed by atoms with van der Waals surface area (Å²) in [5, 5.41) is 8.52. The van der Waals surface area contributed by atoms with Gasteiger partial charge in [0, 0.05) is 25.0 Å². The monoisotopic (exact) mass is 243 g/mol. The fraction of sp³-hybridized carbons (Fsp3) is 0.750. The molecule has 0 bridgehead atoms. The van der Waals surface area contributed by atoms with E-state index in [1.54, 1.807) is 6.20 Å². The van der Waals surface area contributed by atoms with E-state index in [9.17, 15) is 0 Å². The fourth-order valence-electron chi connectivity index (χ4n) is 1.60. The van der Waals surface area contributed by atoms with Gasteiger partial charge < -0.3 is 5.32 Å². The molecule has 4 heteroatoms. The molecule has 0 aliphatic carbocycles. The van der Waals surface area contributed by atoms with Gasteiger partial charge in [0.25, 0.3) is 0 Å². The number of rotatable bonds is 5. The Bertz CT molecular complexity index is 325. The highest BCUT2D eigenvalue weighted by Gasteiger charge is 2.11. The van der Waals surface area contributed by atoms with Crippen molar-refractivity contribution in [2.45, 2.75) is 52.6 Å². The second-order valence-electron chi connectivity index (χ2n) is 5.09. The van der Waals surface area contributed by atoms with Crippen molar-refractivity contribution in [3.05, 3.63) is 16.9 Å². The maximum absolute atomic E-state index is 6.12. The molecule has 0 saturated heterocycles. The maximum atomic E-state index is 6.12. The number of aromatic nitrogens is 2. The van der Waals surface area contributed by atoms with Gasteiger partial charge >= 0.3 is 0 Å². The van der Waals surface area contributed by atoms with E-state index in [4.69, 9.17) is 11.6 Å². The van der Waals surface area contributed by atoms with E-state index in [1.165, 1.54) is 0 Å². The molecule has 0 aliphatic rings.